The van der Waals surface area contributed by atoms with E-state index >= 15 is 0 Å². The van der Waals surface area contributed by atoms with E-state index < -0.39 is 0 Å². The summed E-state index contributed by atoms with van der Waals surface area (Å²) in [6, 6.07) is 29.4. The molecule has 0 aromatic heterocycles. The predicted octanol–water partition coefficient (Wildman–Crippen LogP) is 4.75. The summed E-state index contributed by atoms with van der Waals surface area (Å²) in [5.74, 6) is 0.305. The van der Waals surface area contributed by atoms with Gasteiger partial charge in [0, 0.05) is 44.5 Å². The van der Waals surface area contributed by atoms with Gasteiger partial charge in [-0.25, -0.2) is 4.79 Å². The minimum Gasteiger partial charge on any atom is -0.342 e. The number of urea groups is 1. The molecule has 0 saturated carbocycles. The first-order chi connectivity index (χ1) is 17.7. The Morgan fingerprint density at radius 1 is 0.806 bits per heavy atom. The summed E-state index contributed by atoms with van der Waals surface area (Å²) in [7, 11) is 0. The minimum absolute atomic E-state index is 0.0269. The lowest BCUT2D eigenvalue weighted by Crippen LogP contribution is -2.58. The Morgan fingerprint density at radius 2 is 1.39 bits per heavy atom. The van der Waals surface area contributed by atoms with E-state index in [1.165, 1.54) is 11.1 Å². The van der Waals surface area contributed by atoms with Crippen LogP contribution in [0.1, 0.15) is 35.6 Å². The smallest absolute Gasteiger partial charge is 0.322 e. The van der Waals surface area contributed by atoms with Gasteiger partial charge in [0.1, 0.15) is 0 Å². The predicted molar refractivity (Wildman–Crippen MR) is 140 cm³/mol. The summed E-state index contributed by atoms with van der Waals surface area (Å²) in [5, 5.41) is 3.02. The zero-order chi connectivity index (χ0) is 24.5. The van der Waals surface area contributed by atoms with Crippen molar-refractivity contribution in [1.29, 1.82) is 0 Å². The molecule has 2 fully saturated rings. The van der Waals surface area contributed by atoms with Crippen molar-refractivity contribution in [3.63, 3.8) is 0 Å². The molecule has 3 heterocycles. The van der Waals surface area contributed by atoms with Crippen LogP contribution in [0.4, 0.5) is 10.5 Å². The monoisotopic (exact) mass is 480 g/mol. The van der Waals surface area contributed by atoms with Gasteiger partial charge in [0.2, 0.25) is 5.91 Å². The van der Waals surface area contributed by atoms with Gasteiger partial charge in [-0.15, -0.1) is 0 Å². The standard InChI is InChI=1S/C30H32N4O2/c35-29(25-19-33(20-25)28(22-9-3-1-4-10-22)23-11-5-2-6-12-23)32-17-15-26(16-18-32)34-21-24-13-7-8-14-27(24)31-30(34)36/h1-14,25-26,28H,15-21H2,(H,31,36). The fourth-order valence-electron chi connectivity index (χ4n) is 5.94. The Labute approximate surface area is 212 Å². The fourth-order valence-corrected chi connectivity index (χ4v) is 5.94. The van der Waals surface area contributed by atoms with Crippen LogP contribution in [0.25, 0.3) is 0 Å². The summed E-state index contributed by atoms with van der Waals surface area (Å²) in [5.41, 5.74) is 4.58. The lowest BCUT2D eigenvalue weighted by atomic mass is 9.89. The van der Waals surface area contributed by atoms with E-state index in [-0.39, 0.29) is 29.9 Å². The Kier molecular flexibility index (Phi) is 6.20. The highest BCUT2D eigenvalue weighted by Crippen LogP contribution is 2.35. The zero-order valence-corrected chi connectivity index (χ0v) is 20.4. The van der Waals surface area contributed by atoms with Crippen LogP contribution in [0.3, 0.4) is 0 Å². The zero-order valence-electron chi connectivity index (χ0n) is 20.4. The van der Waals surface area contributed by atoms with E-state index in [4.69, 9.17) is 0 Å². The van der Waals surface area contributed by atoms with Gasteiger partial charge in [-0.1, -0.05) is 78.9 Å². The number of amides is 3. The van der Waals surface area contributed by atoms with E-state index in [0.29, 0.717) is 19.6 Å². The van der Waals surface area contributed by atoms with Gasteiger partial charge < -0.3 is 15.1 Å². The van der Waals surface area contributed by atoms with Crippen LogP contribution >= 0.6 is 0 Å². The number of hydrogen-bond donors (Lipinski definition) is 1. The van der Waals surface area contributed by atoms with Crippen LogP contribution in [-0.4, -0.2) is 58.9 Å². The molecule has 0 atom stereocenters. The molecule has 6 nitrogen and oxygen atoms in total. The molecule has 3 aliphatic rings. The maximum atomic E-state index is 13.3. The highest BCUT2D eigenvalue weighted by molar-refractivity contribution is 5.92. The molecule has 0 spiro atoms. The minimum atomic E-state index is -0.0269. The molecule has 2 saturated heterocycles. The van der Waals surface area contributed by atoms with Crippen LogP contribution < -0.4 is 5.32 Å². The number of nitrogens with zero attached hydrogens (tertiary/aromatic N) is 3. The number of anilines is 1. The topological polar surface area (TPSA) is 55.9 Å². The molecule has 6 heteroatoms. The van der Waals surface area contributed by atoms with Crippen molar-refractivity contribution in [2.45, 2.75) is 31.5 Å². The average Bonchev–Trinajstić information content (AvgIpc) is 2.91. The van der Waals surface area contributed by atoms with Crippen molar-refractivity contribution < 1.29 is 9.59 Å². The second kappa shape index (κ2) is 9.78. The third-order valence-corrected chi connectivity index (χ3v) is 7.93. The molecule has 0 unspecified atom stereocenters. The lowest BCUT2D eigenvalue weighted by molar-refractivity contribution is -0.143. The van der Waals surface area contributed by atoms with E-state index in [0.717, 1.165) is 37.2 Å². The van der Waals surface area contributed by atoms with Gasteiger partial charge in [-0.05, 0) is 35.6 Å². The van der Waals surface area contributed by atoms with Crippen molar-refractivity contribution in [2.75, 3.05) is 31.5 Å². The number of carbonyl (C=O) groups is 2. The SMILES string of the molecule is O=C(C1CN(C(c2ccccc2)c2ccccc2)C1)N1CCC(N2Cc3ccccc3NC2=O)CC1. The molecule has 0 aliphatic carbocycles. The molecule has 3 aromatic rings. The summed E-state index contributed by atoms with van der Waals surface area (Å²) < 4.78 is 0. The second-order valence-corrected chi connectivity index (χ2v) is 10.1. The van der Waals surface area contributed by atoms with Crippen LogP contribution in [0.5, 0.6) is 0 Å². The van der Waals surface area contributed by atoms with Gasteiger partial charge in [0.25, 0.3) is 0 Å². The number of para-hydroxylation sites is 1. The summed E-state index contributed by atoms with van der Waals surface area (Å²) in [4.78, 5) is 32.4. The molecule has 36 heavy (non-hydrogen) atoms. The van der Waals surface area contributed by atoms with Gasteiger partial charge in [0.15, 0.2) is 0 Å². The molecule has 6 rings (SSSR count). The van der Waals surface area contributed by atoms with Crippen LogP contribution in [0.15, 0.2) is 84.9 Å². The maximum absolute atomic E-state index is 13.3. The van der Waals surface area contributed by atoms with E-state index in [2.05, 4.69) is 64.8 Å². The highest BCUT2D eigenvalue weighted by Gasteiger charge is 2.41. The van der Waals surface area contributed by atoms with Crippen molar-refractivity contribution >= 4 is 17.6 Å². The number of likely N-dealkylation sites (tertiary alicyclic amines) is 2. The molecular weight excluding hydrogens is 448 g/mol. The summed E-state index contributed by atoms with van der Waals surface area (Å²) >= 11 is 0. The Bertz CT molecular complexity index is 1180. The first-order valence-electron chi connectivity index (χ1n) is 13.0. The van der Waals surface area contributed by atoms with Gasteiger partial charge in [-0.3, -0.25) is 9.69 Å². The molecule has 3 aliphatic heterocycles. The lowest BCUT2D eigenvalue weighted by Gasteiger charge is -2.47. The number of fused-ring (bicyclic) bond motifs is 1. The van der Waals surface area contributed by atoms with Crippen molar-refractivity contribution in [3.05, 3.63) is 102 Å². The van der Waals surface area contributed by atoms with Crippen molar-refractivity contribution in [2.24, 2.45) is 5.92 Å². The van der Waals surface area contributed by atoms with Gasteiger partial charge >= 0.3 is 6.03 Å². The normalized spacial score (nSPS) is 19.1. The Balaban J connectivity index is 1.06. The van der Waals surface area contributed by atoms with E-state index in [9.17, 15) is 9.59 Å². The molecule has 184 valence electrons. The summed E-state index contributed by atoms with van der Waals surface area (Å²) in [6.07, 6.45) is 1.66. The molecule has 1 N–H and O–H groups in total. The average molecular weight is 481 g/mol. The third kappa shape index (κ3) is 4.37. The number of benzene rings is 3. The Hall–Kier alpha value is -3.64. The fraction of sp³-hybridized carbons (Fsp3) is 0.333. The van der Waals surface area contributed by atoms with Crippen LogP contribution in [0, 0.1) is 5.92 Å². The number of rotatable bonds is 5. The third-order valence-electron chi connectivity index (χ3n) is 7.93. The number of hydrogen-bond acceptors (Lipinski definition) is 3. The van der Waals surface area contributed by atoms with Crippen LogP contribution in [0.2, 0.25) is 0 Å². The summed E-state index contributed by atoms with van der Waals surface area (Å²) in [6.45, 7) is 3.62. The highest BCUT2D eigenvalue weighted by atomic mass is 16.2. The van der Waals surface area contributed by atoms with E-state index in [1.807, 2.05) is 40.1 Å². The Morgan fingerprint density at radius 3 is 2.03 bits per heavy atom. The van der Waals surface area contributed by atoms with Crippen molar-refractivity contribution in [3.8, 4) is 0 Å². The van der Waals surface area contributed by atoms with E-state index in [1.54, 1.807) is 0 Å². The number of piperidine rings is 1. The van der Waals surface area contributed by atoms with Crippen LogP contribution in [-0.2, 0) is 11.3 Å². The number of nitrogens with one attached hydrogen (secondary N) is 1. The van der Waals surface area contributed by atoms with Crippen molar-refractivity contribution in [1.82, 2.24) is 14.7 Å². The molecule has 0 bridgehead atoms. The molecule has 0 radical (unpaired) electrons. The number of carbonyl (C=O) groups excluding carboxylic acids is 2. The maximum Gasteiger partial charge on any atom is 0.322 e. The largest absolute Gasteiger partial charge is 0.342 e. The molecule has 3 amide bonds. The first-order valence-corrected chi connectivity index (χ1v) is 13.0. The van der Waals surface area contributed by atoms with Gasteiger partial charge in [-0.2, -0.15) is 0 Å². The van der Waals surface area contributed by atoms with Gasteiger partial charge in [0.05, 0.1) is 12.0 Å². The first kappa shape index (κ1) is 22.8. The molecule has 3 aromatic carbocycles. The quantitative estimate of drug-likeness (QED) is 0.574. The second-order valence-electron chi connectivity index (χ2n) is 10.1. The molecular formula is C30H32N4O2.